The summed E-state index contributed by atoms with van der Waals surface area (Å²) in [5.74, 6) is 0.613. The van der Waals surface area contributed by atoms with Gasteiger partial charge in [0.1, 0.15) is 6.54 Å². The highest BCUT2D eigenvalue weighted by Gasteiger charge is 2.21. The second-order valence-electron chi connectivity index (χ2n) is 6.98. The molecule has 2 aromatic carbocycles. The molecule has 0 fully saturated rings. The van der Waals surface area contributed by atoms with Crippen molar-refractivity contribution in [2.24, 2.45) is 5.10 Å². The number of rotatable bonds is 11. The number of hydrogen-bond donors (Lipinski definition) is 1. The third kappa shape index (κ3) is 7.42. The number of nitrogens with zero attached hydrogens (tertiary/aromatic N) is 2. The molecule has 0 unspecified atom stereocenters. The largest absolute Gasteiger partial charge is 0.490 e. The fourth-order valence-electron chi connectivity index (χ4n) is 2.69. The van der Waals surface area contributed by atoms with Crippen molar-refractivity contribution in [3.05, 3.63) is 52.5 Å². The van der Waals surface area contributed by atoms with Gasteiger partial charge in [-0.25, -0.2) is 13.8 Å². The van der Waals surface area contributed by atoms with Crippen molar-refractivity contribution >= 4 is 39.4 Å². The van der Waals surface area contributed by atoms with Crippen molar-refractivity contribution in [1.82, 2.24) is 5.43 Å². The van der Waals surface area contributed by atoms with Crippen molar-refractivity contribution in [3.8, 4) is 11.5 Å². The molecule has 0 aliphatic carbocycles. The lowest BCUT2D eigenvalue weighted by atomic mass is 10.2. The predicted molar refractivity (Wildman–Crippen MR) is 128 cm³/mol. The molecule has 0 aliphatic rings. The maximum absolute atomic E-state index is 12.3. The van der Waals surface area contributed by atoms with Crippen molar-refractivity contribution < 1.29 is 22.7 Å². The standard InChI is InChI=1S/C22H28ClN3O5S/c1-5-11-31-20-10-8-17(12-21(20)30-6-2)14-24-25-22(27)15-26(32(4,28)29)18-9-7-16(3)19(23)13-18/h7-10,12-14H,5-6,11,15H2,1-4H3,(H,25,27)/b24-14+. The Morgan fingerprint density at radius 2 is 1.91 bits per heavy atom. The molecule has 0 saturated carbocycles. The van der Waals surface area contributed by atoms with Crippen LogP contribution in [0.4, 0.5) is 5.69 Å². The van der Waals surface area contributed by atoms with Crippen molar-refractivity contribution in [1.29, 1.82) is 0 Å². The fraction of sp³-hybridized carbons (Fsp3) is 0.364. The Labute approximate surface area is 194 Å². The predicted octanol–water partition coefficient (Wildman–Crippen LogP) is 3.75. The van der Waals surface area contributed by atoms with E-state index in [2.05, 4.69) is 10.5 Å². The molecule has 174 valence electrons. The number of aryl methyl sites for hydroxylation is 1. The summed E-state index contributed by atoms with van der Waals surface area (Å²) in [6.07, 6.45) is 3.34. The molecule has 32 heavy (non-hydrogen) atoms. The van der Waals surface area contributed by atoms with Crippen LogP contribution in [0.2, 0.25) is 5.02 Å². The number of sulfonamides is 1. The van der Waals surface area contributed by atoms with E-state index in [4.69, 9.17) is 21.1 Å². The number of halogens is 1. The molecule has 1 N–H and O–H groups in total. The van der Waals surface area contributed by atoms with E-state index in [0.717, 1.165) is 22.5 Å². The van der Waals surface area contributed by atoms with Gasteiger partial charge in [0.05, 0.1) is 31.4 Å². The second kappa shape index (κ2) is 11.7. The molecular weight excluding hydrogens is 454 g/mol. The van der Waals surface area contributed by atoms with Gasteiger partial charge in [0.2, 0.25) is 10.0 Å². The van der Waals surface area contributed by atoms with Gasteiger partial charge in [-0.05, 0) is 61.7 Å². The van der Waals surface area contributed by atoms with Crippen LogP contribution >= 0.6 is 11.6 Å². The summed E-state index contributed by atoms with van der Waals surface area (Å²) >= 11 is 6.11. The van der Waals surface area contributed by atoms with Gasteiger partial charge in [-0.15, -0.1) is 0 Å². The Balaban J connectivity index is 2.09. The van der Waals surface area contributed by atoms with Crippen LogP contribution in [0.15, 0.2) is 41.5 Å². The van der Waals surface area contributed by atoms with Crippen LogP contribution in [0, 0.1) is 6.92 Å². The molecule has 8 nitrogen and oxygen atoms in total. The number of ether oxygens (including phenoxy) is 2. The van der Waals surface area contributed by atoms with Gasteiger partial charge in [-0.3, -0.25) is 9.10 Å². The maximum atomic E-state index is 12.3. The van der Waals surface area contributed by atoms with Crippen molar-refractivity contribution in [3.63, 3.8) is 0 Å². The zero-order valence-electron chi connectivity index (χ0n) is 18.6. The van der Waals surface area contributed by atoms with E-state index < -0.39 is 22.5 Å². The molecule has 2 rings (SSSR count). The van der Waals surface area contributed by atoms with Crippen LogP contribution in [0.5, 0.6) is 11.5 Å². The number of anilines is 1. The lowest BCUT2D eigenvalue weighted by Gasteiger charge is -2.21. The average molecular weight is 482 g/mol. The minimum Gasteiger partial charge on any atom is -0.490 e. The van der Waals surface area contributed by atoms with Crippen LogP contribution in [0.25, 0.3) is 0 Å². The van der Waals surface area contributed by atoms with Gasteiger partial charge in [0, 0.05) is 5.02 Å². The lowest BCUT2D eigenvalue weighted by Crippen LogP contribution is -2.39. The molecule has 0 spiro atoms. The summed E-state index contributed by atoms with van der Waals surface area (Å²) in [7, 11) is -3.71. The molecule has 0 heterocycles. The summed E-state index contributed by atoms with van der Waals surface area (Å²) in [6, 6.07) is 10.1. The van der Waals surface area contributed by atoms with Crippen LogP contribution in [0.3, 0.4) is 0 Å². The number of hydrazone groups is 1. The Hall–Kier alpha value is -2.78. The van der Waals surface area contributed by atoms with Gasteiger partial charge in [-0.2, -0.15) is 5.10 Å². The molecule has 0 radical (unpaired) electrons. The number of amides is 1. The maximum Gasteiger partial charge on any atom is 0.260 e. The van der Waals surface area contributed by atoms with Gasteiger partial charge >= 0.3 is 0 Å². The number of carbonyl (C=O) groups is 1. The van der Waals surface area contributed by atoms with E-state index in [-0.39, 0.29) is 0 Å². The number of carbonyl (C=O) groups excluding carboxylic acids is 1. The summed E-state index contributed by atoms with van der Waals surface area (Å²) in [6.45, 7) is 6.31. The third-order valence-electron chi connectivity index (χ3n) is 4.26. The van der Waals surface area contributed by atoms with Crippen molar-refractivity contribution in [2.45, 2.75) is 27.2 Å². The third-order valence-corrected chi connectivity index (χ3v) is 5.81. The lowest BCUT2D eigenvalue weighted by molar-refractivity contribution is -0.119. The highest BCUT2D eigenvalue weighted by atomic mass is 35.5. The van der Waals surface area contributed by atoms with E-state index in [1.54, 1.807) is 37.3 Å². The molecule has 1 amide bonds. The topological polar surface area (TPSA) is 97.3 Å². The molecular formula is C22H28ClN3O5S. The van der Waals surface area contributed by atoms with E-state index in [1.807, 2.05) is 13.8 Å². The molecule has 0 saturated heterocycles. The summed E-state index contributed by atoms with van der Waals surface area (Å²) in [5.41, 5.74) is 4.13. The highest BCUT2D eigenvalue weighted by Crippen LogP contribution is 2.28. The first-order valence-corrected chi connectivity index (χ1v) is 12.3. The molecule has 0 atom stereocenters. The molecule has 2 aromatic rings. The normalized spacial score (nSPS) is 11.4. The van der Waals surface area contributed by atoms with Gasteiger partial charge in [0.15, 0.2) is 11.5 Å². The van der Waals surface area contributed by atoms with E-state index in [0.29, 0.717) is 41.0 Å². The Kier molecular flexibility index (Phi) is 9.34. The summed E-state index contributed by atoms with van der Waals surface area (Å²) < 4.78 is 36.6. The molecule has 0 bridgehead atoms. The number of nitrogens with one attached hydrogen (secondary N) is 1. The van der Waals surface area contributed by atoms with Crippen LogP contribution in [0.1, 0.15) is 31.4 Å². The van der Waals surface area contributed by atoms with E-state index in [1.165, 1.54) is 12.3 Å². The zero-order valence-corrected chi connectivity index (χ0v) is 20.2. The van der Waals surface area contributed by atoms with E-state index in [9.17, 15) is 13.2 Å². The Bertz CT molecular complexity index is 1070. The highest BCUT2D eigenvalue weighted by molar-refractivity contribution is 7.92. The summed E-state index contributed by atoms with van der Waals surface area (Å²) in [4.78, 5) is 12.3. The first-order valence-electron chi connectivity index (χ1n) is 10.1. The minimum atomic E-state index is -3.71. The van der Waals surface area contributed by atoms with E-state index >= 15 is 0 Å². The van der Waals surface area contributed by atoms with Crippen LogP contribution in [-0.4, -0.2) is 46.6 Å². The summed E-state index contributed by atoms with van der Waals surface area (Å²) in [5, 5.41) is 4.33. The second-order valence-corrected chi connectivity index (χ2v) is 9.30. The number of benzene rings is 2. The molecule has 0 aliphatic heterocycles. The molecule has 10 heteroatoms. The zero-order chi connectivity index (χ0) is 23.7. The Morgan fingerprint density at radius 3 is 2.53 bits per heavy atom. The van der Waals surface area contributed by atoms with Crippen molar-refractivity contribution in [2.75, 3.05) is 30.3 Å². The minimum absolute atomic E-state index is 0.297. The first-order chi connectivity index (χ1) is 15.2. The van der Waals surface area contributed by atoms with Gasteiger partial charge < -0.3 is 9.47 Å². The first kappa shape index (κ1) is 25.5. The molecule has 0 aromatic heterocycles. The van der Waals surface area contributed by atoms with Crippen LogP contribution in [-0.2, 0) is 14.8 Å². The number of hydrogen-bond acceptors (Lipinski definition) is 6. The fourth-order valence-corrected chi connectivity index (χ4v) is 3.71. The quantitative estimate of drug-likeness (QED) is 0.389. The smallest absolute Gasteiger partial charge is 0.260 e. The van der Waals surface area contributed by atoms with Gasteiger partial charge in [0.25, 0.3) is 5.91 Å². The SMILES string of the molecule is CCCOc1ccc(/C=N/NC(=O)CN(c2ccc(C)c(Cl)c2)S(C)(=O)=O)cc1OCC. The van der Waals surface area contributed by atoms with Crippen LogP contribution < -0.4 is 19.2 Å². The van der Waals surface area contributed by atoms with Gasteiger partial charge in [-0.1, -0.05) is 24.6 Å². The average Bonchev–Trinajstić information content (AvgIpc) is 2.73. The monoisotopic (exact) mass is 481 g/mol. The Morgan fingerprint density at radius 1 is 1.16 bits per heavy atom.